The highest BCUT2D eigenvalue weighted by atomic mass is 19.1. The Morgan fingerprint density at radius 2 is 2.03 bits per heavy atom. The normalized spacial score (nSPS) is 19.5. The summed E-state index contributed by atoms with van der Waals surface area (Å²) in [5.74, 6) is -0.335. The molecule has 0 aliphatic heterocycles. The molecule has 2 unspecified atom stereocenters. The fourth-order valence-electron chi connectivity index (χ4n) is 3.78. The van der Waals surface area contributed by atoms with E-state index >= 15 is 0 Å². The number of oxazole rings is 1. The average molecular weight is 426 g/mol. The van der Waals surface area contributed by atoms with Gasteiger partial charge in [0.2, 0.25) is 11.8 Å². The molecule has 1 aliphatic rings. The molecule has 1 aliphatic carbocycles. The lowest BCUT2D eigenvalue weighted by Gasteiger charge is -2.25. The summed E-state index contributed by atoms with van der Waals surface area (Å²) < 4.78 is 19.6. The number of halogens is 1. The highest BCUT2D eigenvalue weighted by molar-refractivity contribution is 5.94. The second-order valence-corrected chi connectivity index (χ2v) is 7.72. The van der Waals surface area contributed by atoms with Gasteiger partial charge in [-0.25, -0.2) is 9.37 Å². The van der Waals surface area contributed by atoms with E-state index in [1.165, 1.54) is 6.08 Å². The van der Waals surface area contributed by atoms with Crippen molar-refractivity contribution < 1.29 is 18.4 Å². The summed E-state index contributed by atoms with van der Waals surface area (Å²) in [6, 6.07) is 7.06. The van der Waals surface area contributed by atoms with Crippen LogP contribution in [-0.2, 0) is 4.79 Å². The molecule has 6 nitrogen and oxygen atoms in total. The van der Waals surface area contributed by atoms with Gasteiger partial charge in [0.1, 0.15) is 5.35 Å². The van der Waals surface area contributed by atoms with Gasteiger partial charge in [-0.1, -0.05) is 19.6 Å². The number of carbonyl (C=O) groups is 2. The summed E-state index contributed by atoms with van der Waals surface area (Å²) in [7, 11) is 1.79. The number of aromatic nitrogens is 1. The van der Waals surface area contributed by atoms with Gasteiger partial charge in [0.05, 0.1) is 0 Å². The Bertz CT molecular complexity index is 1090. The maximum absolute atomic E-state index is 14.0. The van der Waals surface area contributed by atoms with Crippen LogP contribution in [0.15, 0.2) is 40.8 Å². The molecular weight excluding hydrogens is 397 g/mol. The first-order valence-corrected chi connectivity index (χ1v) is 10.5. The molecule has 0 spiro atoms. The molecule has 1 saturated carbocycles. The van der Waals surface area contributed by atoms with E-state index in [2.05, 4.69) is 16.9 Å². The van der Waals surface area contributed by atoms with E-state index in [9.17, 15) is 14.0 Å². The third kappa shape index (κ3) is 5.10. The minimum atomic E-state index is -0.537. The molecule has 31 heavy (non-hydrogen) atoms. The third-order valence-corrected chi connectivity index (χ3v) is 5.57. The van der Waals surface area contributed by atoms with Gasteiger partial charge >= 0.3 is 0 Å². The molecule has 1 aromatic carbocycles. The van der Waals surface area contributed by atoms with Crippen LogP contribution in [0.25, 0.3) is 23.9 Å². The van der Waals surface area contributed by atoms with Crippen LogP contribution < -0.4 is 16.1 Å². The van der Waals surface area contributed by atoms with Gasteiger partial charge < -0.3 is 14.6 Å². The van der Waals surface area contributed by atoms with E-state index in [1.807, 2.05) is 6.92 Å². The molecule has 0 radical (unpaired) electrons. The highest BCUT2D eigenvalue weighted by Gasteiger charge is 2.30. The van der Waals surface area contributed by atoms with E-state index in [0.29, 0.717) is 17.5 Å². The van der Waals surface area contributed by atoms with Crippen LogP contribution in [0.5, 0.6) is 0 Å². The first-order chi connectivity index (χ1) is 14.8. The van der Waals surface area contributed by atoms with Crippen molar-refractivity contribution in [1.29, 1.82) is 0 Å². The maximum atomic E-state index is 14.0. The van der Waals surface area contributed by atoms with Crippen molar-refractivity contribution in [3.63, 3.8) is 0 Å². The van der Waals surface area contributed by atoms with Crippen LogP contribution >= 0.6 is 0 Å². The summed E-state index contributed by atoms with van der Waals surface area (Å²) in [5.41, 5.74) is 1.17. The van der Waals surface area contributed by atoms with E-state index in [1.54, 1.807) is 49.2 Å². The molecule has 1 N–H and O–H groups in total. The summed E-state index contributed by atoms with van der Waals surface area (Å²) in [4.78, 5) is 30.5. The molecule has 2 amide bonds. The van der Waals surface area contributed by atoms with Crippen LogP contribution in [0.2, 0.25) is 0 Å². The number of benzene rings is 1. The third-order valence-electron chi connectivity index (χ3n) is 5.57. The second-order valence-electron chi connectivity index (χ2n) is 7.72. The first-order valence-electron chi connectivity index (χ1n) is 10.5. The molecule has 1 heterocycles. The van der Waals surface area contributed by atoms with Gasteiger partial charge in [0, 0.05) is 36.7 Å². The number of nitrogens with one attached hydrogen (secondary N) is 1. The Kier molecular flexibility index (Phi) is 7.05. The number of hydrogen-bond donors (Lipinski definition) is 1. The highest BCUT2D eigenvalue weighted by Crippen LogP contribution is 2.25. The molecule has 0 saturated heterocycles. The average Bonchev–Trinajstić information content (AvgIpc) is 3.39. The predicted molar refractivity (Wildman–Crippen MR) is 118 cm³/mol. The Morgan fingerprint density at radius 3 is 2.68 bits per heavy atom. The number of carbonyl (C=O) groups excluding carboxylic acids is 2. The Hall–Kier alpha value is -3.22. The molecule has 2 atom stereocenters. The van der Waals surface area contributed by atoms with Crippen molar-refractivity contribution in [3.8, 4) is 11.5 Å². The van der Waals surface area contributed by atoms with Gasteiger partial charge in [-0.3, -0.25) is 9.59 Å². The minimum absolute atomic E-state index is 0.000983. The molecular formula is C24H28FN3O3. The van der Waals surface area contributed by atoms with E-state index in [4.69, 9.17) is 4.42 Å². The van der Waals surface area contributed by atoms with Gasteiger partial charge in [-0.15, -0.1) is 0 Å². The summed E-state index contributed by atoms with van der Waals surface area (Å²) >= 11 is 0. The van der Waals surface area contributed by atoms with Gasteiger partial charge in [-0.2, -0.15) is 0 Å². The lowest BCUT2D eigenvalue weighted by Crippen LogP contribution is -2.38. The smallest absolute Gasteiger partial charge is 0.253 e. The summed E-state index contributed by atoms with van der Waals surface area (Å²) in [5, 5.41) is 3.23. The zero-order chi connectivity index (χ0) is 22.5. The molecule has 2 aromatic rings. The largest absolute Gasteiger partial charge is 0.433 e. The van der Waals surface area contributed by atoms with Crippen molar-refractivity contribution in [3.05, 3.63) is 52.7 Å². The standard InChI is InChI=1S/C24H28FN3O3/c1-5-7-20(25)22-15(3)26-23(31-22)16-8-10-17(11-9-16)24(30)28(4)19-13-12-18(14-19)27-21(29)6-2/h5,7-11,18-19H,3,6,12-14H2,1-2,4H3,(H,27,29). The van der Waals surface area contributed by atoms with Gasteiger partial charge in [0.25, 0.3) is 5.91 Å². The number of nitrogens with zero attached hydrogens (tertiary/aromatic N) is 2. The number of rotatable bonds is 6. The minimum Gasteiger partial charge on any atom is -0.433 e. The molecule has 164 valence electrons. The van der Waals surface area contributed by atoms with Crippen molar-refractivity contribution >= 4 is 24.2 Å². The molecule has 0 bridgehead atoms. The Balaban J connectivity index is 1.71. The first kappa shape index (κ1) is 22.5. The SMILES string of the molecule is C=c1nc(-c2ccc(C(=O)N(C)C3CCC(NC(=O)CC)C3)cc2)oc1=C(F)C=CC. The summed E-state index contributed by atoms with van der Waals surface area (Å²) in [6.45, 7) is 7.26. The maximum Gasteiger partial charge on any atom is 0.253 e. The van der Waals surface area contributed by atoms with E-state index < -0.39 is 5.83 Å². The van der Waals surface area contributed by atoms with Crippen molar-refractivity contribution in [2.45, 2.75) is 51.6 Å². The molecule has 3 rings (SSSR count). The zero-order valence-electron chi connectivity index (χ0n) is 18.2. The van der Waals surface area contributed by atoms with Crippen LogP contribution in [-0.4, -0.2) is 40.8 Å². The van der Waals surface area contributed by atoms with E-state index in [-0.39, 0.29) is 40.6 Å². The zero-order valence-corrected chi connectivity index (χ0v) is 18.2. The van der Waals surface area contributed by atoms with Crippen LogP contribution in [0, 0.1) is 0 Å². The van der Waals surface area contributed by atoms with Gasteiger partial charge in [0.15, 0.2) is 11.2 Å². The van der Waals surface area contributed by atoms with Gasteiger partial charge in [-0.05, 0) is 56.5 Å². The van der Waals surface area contributed by atoms with Crippen LogP contribution in [0.3, 0.4) is 0 Å². The lowest BCUT2D eigenvalue weighted by atomic mass is 10.1. The fourth-order valence-corrected chi connectivity index (χ4v) is 3.78. The topological polar surface area (TPSA) is 75.4 Å². The van der Waals surface area contributed by atoms with Crippen LogP contribution in [0.4, 0.5) is 4.39 Å². The predicted octanol–water partition coefficient (Wildman–Crippen LogP) is 2.93. The number of amides is 2. The number of allylic oxidation sites excluding steroid dienone is 2. The molecule has 1 fully saturated rings. The lowest BCUT2D eigenvalue weighted by molar-refractivity contribution is -0.121. The summed E-state index contributed by atoms with van der Waals surface area (Å²) in [6.07, 6.45) is 5.80. The van der Waals surface area contributed by atoms with Crippen molar-refractivity contribution in [2.24, 2.45) is 0 Å². The second kappa shape index (κ2) is 9.73. The Labute approximate surface area is 181 Å². The fraction of sp³-hybridized carbons (Fsp3) is 0.375. The van der Waals surface area contributed by atoms with Crippen molar-refractivity contribution in [1.82, 2.24) is 15.2 Å². The van der Waals surface area contributed by atoms with Crippen molar-refractivity contribution in [2.75, 3.05) is 7.05 Å². The number of hydrogen-bond acceptors (Lipinski definition) is 4. The molecule has 1 aromatic heterocycles. The quantitative estimate of drug-likeness (QED) is 0.772. The Morgan fingerprint density at radius 1 is 1.32 bits per heavy atom. The van der Waals surface area contributed by atoms with E-state index in [0.717, 1.165) is 19.3 Å². The monoisotopic (exact) mass is 425 g/mol. The van der Waals surface area contributed by atoms with Crippen LogP contribution in [0.1, 0.15) is 49.9 Å². The molecule has 7 heteroatoms.